The van der Waals surface area contributed by atoms with Gasteiger partial charge in [0.05, 0.1) is 5.75 Å². The van der Waals surface area contributed by atoms with E-state index in [2.05, 4.69) is 16.0 Å². The summed E-state index contributed by atoms with van der Waals surface area (Å²) in [6.07, 6.45) is 1.16. The molecule has 3 aromatic rings. The molecule has 1 aromatic heterocycles. The Kier molecular flexibility index (Phi) is 10.3. The number of carbonyl (C=O) groups is 3. The normalized spacial score (nSPS) is 14.2. The number of urea groups is 1. The molecule has 1 aliphatic heterocycles. The van der Waals surface area contributed by atoms with Crippen molar-refractivity contribution in [2.24, 2.45) is 0 Å². The van der Waals surface area contributed by atoms with E-state index in [1.807, 2.05) is 24.3 Å². The van der Waals surface area contributed by atoms with Gasteiger partial charge in [-0.25, -0.2) is 27.1 Å². The molecule has 0 saturated carbocycles. The van der Waals surface area contributed by atoms with Gasteiger partial charge in [-0.15, -0.1) is 11.3 Å². The van der Waals surface area contributed by atoms with Gasteiger partial charge < -0.3 is 30.9 Å². The van der Waals surface area contributed by atoms with Crippen LogP contribution in [0.2, 0.25) is 0 Å². The zero-order valence-corrected chi connectivity index (χ0v) is 25.4. The lowest BCUT2D eigenvalue weighted by atomic mass is 10.0. The van der Waals surface area contributed by atoms with E-state index in [1.165, 1.54) is 4.31 Å². The zero-order chi connectivity index (χ0) is 31.1. The third-order valence-electron chi connectivity index (χ3n) is 6.91. The van der Waals surface area contributed by atoms with Crippen LogP contribution in [0.3, 0.4) is 0 Å². The SMILES string of the molecule is CCNC(=O)Nc1ccccc1CS(=O)(=O)N1CCC(Nc2cccc(-c3sc(C(=O)O)c(OCC(=O)O)c3C)c2)CC1. The summed E-state index contributed by atoms with van der Waals surface area (Å²) in [5, 5.41) is 27.4. The first-order chi connectivity index (χ1) is 20.5. The van der Waals surface area contributed by atoms with Gasteiger partial charge in [0.2, 0.25) is 10.0 Å². The Bertz CT molecular complexity index is 1600. The topological polar surface area (TPSA) is 174 Å². The van der Waals surface area contributed by atoms with Gasteiger partial charge in [-0.1, -0.05) is 30.3 Å². The van der Waals surface area contributed by atoms with Gasteiger partial charge in [-0.2, -0.15) is 0 Å². The van der Waals surface area contributed by atoms with Crippen LogP contribution in [-0.2, 0) is 20.6 Å². The predicted octanol–water partition coefficient (Wildman–Crippen LogP) is 4.43. The summed E-state index contributed by atoms with van der Waals surface area (Å²) >= 11 is 1.02. The van der Waals surface area contributed by atoms with E-state index in [9.17, 15) is 27.9 Å². The maximum atomic E-state index is 13.3. The fraction of sp³-hybridized carbons (Fsp3) is 0.345. The van der Waals surface area contributed by atoms with Gasteiger partial charge in [0.1, 0.15) is 5.75 Å². The van der Waals surface area contributed by atoms with Crippen LogP contribution in [0, 0.1) is 6.92 Å². The first-order valence-electron chi connectivity index (χ1n) is 13.7. The maximum Gasteiger partial charge on any atom is 0.349 e. The number of carboxylic acid groups (broad SMARTS) is 2. The Balaban J connectivity index is 1.41. The minimum Gasteiger partial charge on any atom is -0.480 e. The molecule has 0 radical (unpaired) electrons. The number of sulfonamides is 1. The second-order valence-corrected chi connectivity index (χ2v) is 13.0. The quantitative estimate of drug-likeness (QED) is 0.194. The number of nitrogens with one attached hydrogen (secondary N) is 3. The third-order valence-corrected chi connectivity index (χ3v) is 10.0. The molecule has 0 aliphatic carbocycles. The van der Waals surface area contributed by atoms with Crippen LogP contribution in [0.5, 0.6) is 5.75 Å². The Morgan fingerprint density at radius 1 is 1.07 bits per heavy atom. The number of aromatic carboxylic acids is 1. The number of hydrogen-bond acceptors (Lipinski definition) is 8. The molecule has 2 amide bonds. The van der Waals surface area contributed by atoms with Crippen LogP contribution in [0.25, 0.3) is 10.4 Å². The largest absolute Gasteiger partial charge is 0.480 e. The highest BCUT2D eigenvalue weighted by molar-refractivity contribution is 7.88. The van der Waals surface area contributed by atoms with Gasteiger partial charge in [0.15, 0.2) is 11.5 Å². The standard InChI is InChI=1S/C29H34N4O8S2/c1-3-30-29(38)32-23-10-5-4-7-20(23)17-43(39,40)33-13-11-21(12-14-33)31-22-9-6-8-19(15-22)26-18(2)25(41-16-24(34)35)27(42-26)28(36)37/h4-10,15,21,31H,3,11-14,16-17H2,1-2H3,(H,34,35)(H,36,37)(H2,30,32,38). The Labute approximate surface area is 253 Å². The van der Waals surface area contributed by atoms with Crippen LogP contribution < -0.4 is 20.7 Å². The van der Waals surface area contributed by atoms with Crippen molar-refractivity contribution in [3.63, 3.8) is 0 Å². The minimum absolute atomic E-state index is 0.0156. The summed E-state index contributed by atoms with van der Waals surface area (Å²) in [5.74, 6) is -2.58. The van der Waals surface area contributed by atoms with Gasteiger partial charge in [-0.3, -0.25) is 0 Å². The molecule has 0 atom stereocenters. The number of amides is 2. The van der Waals surface area contributed by atoms with Crippen LogP contribution in [0.15, 0.2) is 48.5 Å². The number of carboxylic acids is 2. The average molecular weight is 631 g/mol. The third kappa shape index (κ3) is 8.03. The number of benzene rings is 2. The highest BCUT2D eigenvalue weighted by atomic mass is 32.2. The van der Waals surface area contributed by atoms with E-state index in [1.54, 1.807) is 38.1 Å². The Hall–Kier alpha value is -4.14. The molecule has 5 N–H and O–H groups in total. The van der Waals surface area contributed by atoms with Gasteiger partial charge >= 0.3 is 18.0 Å². The van der Waals surface area contributed by atoms with Crippen molar-refractivity contribution in [1.29, 1.82) is 0 Å². The lowest BCUT2D eigenvalue weighted by Gasteiger charge is -2.32. The van der Waals surface area contributed by atoms with Crippen molar-refractivity contribution >= 4 is 50.7 Å². The van der Waals surface area contributed by atoms with E-state index >= 15 is 0 Å². The molecule has 0 bridgehead atoms. The molecular weight excluding hydrogens is 596 g/mol. The fourth-order valence-corrected chi connectivity index (χ4v) is 7.55. The second-order valence-electron chi connectivity index (χ2n) is 10.00. The van der Waals surface area contributed by atoms with E-state index in [0.717, 1.165) is 22.6 Å². The van der Waals surface area contributed by atoms with Crippen LogP contribution in [-0.4, -0.2) is 73.2 Å². The Morgan fingerprint density at radius 2 is 1.79 bits per heavy atom. The Morgan fingerprint density at radius 3 is 2.47 bits per heavy atom. The highest BCUT2D eigenvalue weighted by Gasteiger charge is 2.29. The molecule has 2 heterocycles. The molecular formula is C29H34N4O8S2. The molecule has 0 spiro atoms. The molecule has 4 rings (SSSR count). The number of para-hydroxylation sites is 1. The minimum atomic E-state index is -3.63. The van der Waals surface area contributed by atoms with E-state index in [4.69, 9.17) is 9.84 Å². The number of piperidine rings is 1. The summed E-state index contributed by atoms with van der Waals surface area (Å²) < 4.78 is 33.3. The molecule has 230 valence electrons. The number of thiophene rings is 1. The number of hydrogen-bond donors (Lipinski definition) is 5. The predicted molar refractivity (Wildman–Crippen MR) is 165 cm³/mol. The van der Waals surface area contributed by atoms with Gasteiger partial charge in [-0.05, 0) is 56.0 Å². The van der Waals surface area contributed by atoms with Crippen LogP contribution >= 0.6 is 11.3 Å². The summed E-state index contributed by atoms with van der Waals surface area (Å²) in [6, 6.07) is 13.9. The summed E-state index contributed by atoms with van der Waals surface area (Å²) in [7, 11) is -3.63. The summed E-state index contributed by atoms with van der Waals surface area (Å²) in [4.78, 5) is 35.3. The van der Waals surface area contributed by atoms with E-state index < -0.39 is 34.6 Å². The average Bonchev–Trinajstić information content (AvgIpc) is 3.29. The molecule has 1 saturated heterocycles. The van der Waals surface area contributed by atoms with Crippen molar-refractivity contribution in [3.05, 3.63) is 64.5 Å². The van der Waals surface area contributed by atoms with Crippen molar-refractivity contribution in [2.45, 2.75) is 38.5 Å². The number of carbonyl (C=O) groups excluding carboxylic acids is 1. The van der Waals surface area contributed by atoms with Crippen LogP contribution in [0.4, 0.5) is 16.2 Å². The number of anilines is 2. The number of nitrogens with zero attached hydrogens (tertiary/aromatic N) is 1. The summed E-state index contributed by atoms with van der Waals surface area (Å²) in [5.41, 5.74) is 3.05. The molecule has 0 unspecified atom stereocenters. The number of rotatable bonds is 12. The first kappa shape index (κ1) is 31.8. The van der Waals surface area contributed by atoms with Crippen molar-refractivity contribution in [3.8, 4) is 16.2 Å². The number of aliphatic carboxylic acids is 1. The van der Waals surface area contributed by atoms with E-state index in [0.29, 0.717) is 54.2 Å². The molecule has 1 aliphatic rings. The van der Waals surface area contributed by atoms with Crippen LogP contribution in [0.1, 0.15) is 40.6 Å². The second kappa shape index (κ2) is 13.9. The van der Waals surface area contributed by atoms with Gasteiger partial charge in [0.25, 0.3) is 0 Å². The van der Waals surface area contributed by atoms with Crippen molar-refractivity contribution < 1.29 is 37.8 Å². The summed E-state index contributed by atoms with van der Waals surface area (Å²) in [6.45, 7) is 3.96. The smallest absolute Gasteiger partial charge is 0.349 e. The zero-order valence-electron chi connectivity index (χ0n) is 23.8. The molecule has 14 heteroatoms. The molecule has 12 nitrogen and oxygen atoms in total. The van der Waals surface area contributed by atoms with Gasteiger partial charge in [0, 0.05) is 47.5 Å². The highest BCUT2D eigenvalue weighted by Crippen LogP contribution is 2.42. The monoisotopic (exact) mass is 630 g/mol. The first-order valence-corrected chi connectivity index (χ1v) is 16.1. The molecule has 1 fully saturated rings. The fourth-order valence-electron chi connectivity index (χ4n) is 4.87. The van der Waals surface area contributed by atoms with Crippen molar-refractivity contribution in [2.75, 3.05) is 36.9 Å². The lowest BCUT2D eigenvalue weighted by molar-refractivity contribution is -0.139. The molecule has 2 aromatic carbocycles. The van der Waals surface area contributed by atoms with E-state index in [-0.39, 0.29) is 22.4 Å². The molecule has 43 heavy (non-hydrogen) atoms. The number of ether oxygens (including phenoxy) is 1. The lowest BCUT2D eigenvalue weighted by Crippen LogP contribution is -2.42. The maximum absolute atomic E-state index is 13.3. The van der Waals surface area contributed by atoms with Crippen molar-refractivity contribution in [1.82, 2.24) is 9.62 Å².